The number of anilines is 3. The highest BCUT2D eigenvalue weighted by Crippen LogP contribution is 2.48. The minimum Gasteiger partial charge on any atom is -0.288 e. The first-order chi connectivity index (χ1) is 12.8. The number of rotatable bonds is 5. The van der Waals surface area contributed by atoms with E-state index in [1.807, 2.05) is 44.3 Å². The monoisotopic (exact) mass is 405 g/mol. The van der Waals surface area contributed by atoms with Gasteiger partial charge in [-0.05, 0) is 73.2 Å². The molecule has 0 N–H and O–H groups in total. The van der Waals surface area contributed by atoms with Crippen LogP contribution in [0.2, 0.25) is 5.02 Å². The predicted octanol–water partition coefficient (Wildman–Crippen LogP) is 4.37. The van der Waals surface area contributed by atoms with E-state index in [0.717, 1.165) is 42.0 Å². The topological polar surface area (TPSA) is 43.9 Å². The third-order valence-electron chi connectivity index (χ3n) is 5.36. The lowest BCUT2D eigenvalue weighted by atomic mass is 10.0. The van der Waals surface area contributed by atoms with Crippen molar-refractivity contribution < 1.29 is 8.42 Å². The second kappa shape index (κ2) is 6.60. The highest BCUT2D eigenvalue weighted by Gasteiger charge is 2.34. The van der Waals surface area contributed by atoms with Gasteiger partial charge in [0.15, 0.2) is 0 Å². The van der Waals surface area contributed by atoms with Gasteiger partial charge in [0.25, 0.3) is 0 Å². The lowest BCUT2D eigenvalue weighted by Gasteiger charge is -2.29. The quantitative estimate of drug-likeness (QED) is 0.740. The summed E-state index contributed by atoms with van der Waals surface area (Å²) in [6.07, 6.45) is 3.54. The van der Waals surface area contributed by atoms with Crippen LogP contribution >= 0.6 is 11.6 Å². The molecule has 144 valence electrons. The Morgan fingerprint density at radius 3 is 2.41 bits per heavy atom. The van der Waals surface area contributed by atoms with Crippen LogP contribution in [0.4, 0.5) is 17.1 Å². The first-order valence-corrected chi connectivity index (χ1v) is 11.4. The molecule has 4 rings (SSSR count). The Morgan fingerprint density at radius 2 is 1.85 bits per heavy atom. The second-order valence-electron chi connectivity index (χ2n) is 7.30. The van der Waals surface area contributed by atoms with Crippen LogP contribution in [0.1, 0.15) is 36.8 Å². The molecule has 1 fully saturated rings. The van der Waals surface area contributed by atoms with Crippen molar-refractivity contribution in [3.8, 4) is 0 Å². The van der Waals surface area contributed by atoms with Crippen molar-refractivity contribution in [2.45, 2.75) is 32.2 Å². The summed E-state index contributed by atoms with van der Waals surface area (Å²) in [7, 11) is -1.30. The second-order valence-corrected chi connectivity index (χ2v) is 9.64. The molecule has 5 nitrogen and oxygen atoms in total. The number of fused-ring (bicyclic) bond motifs is 1. The maximum atomic E-state index is 12.3. The van der Waals surface area contributed by atoms with E-state index in [9.17, 15) is 8.42 Å². The molecule has 2 aromatic carbocycles. The van der Waals surface area contributed by atoms with E-state index in [1.54, 1.807) is 0 Å². The summed E-state index contributed by atoms with van der Waals surface area (Å²) in [6.45, 7) is 3.08. The minimum atomic E-state index is -3.32. The van der Waals surface area contributed by atoms with Crippen LogP contribution in [0.15, 0.2) is 36.4 Å². The van der Waals surface area contributed by atoms with E-state index in [2.05, 4.69) is 16.1 Å². The smallest absolute Gasteiger partial charge is 0.232 e. The molecule has 27 heavy (non-hydrogen) atoms. The summed E-state index contributed by atoms with van der Waals surface area (Å²) >= 11 is 6.03. The zero-order chi connectivity index (χ0) is 19.3. The van der Waals surface area contributed by atoms with Gasteiger partial charge in [0, 0.05) is 18.6 Å². The molecule has 0 spiro atoms. The average Bonchev–Trinajstić information content (AvgIpc) is 3.40. The van der Waals surface area contributed by atoms with Gasteiger partial charge in [0.2, 0.25) is 10.0 Å². The first kappa shape index (κ1) is 18.4. The molecule has 0 bridgehead atoms. The van der Waals surface area contributed by atoms with Gasteiger partial charge in [0.05, 0.1) is 29.9 Å². The van der Waals surface area contributed by atoms with E-state index in [4.69, 9.17) is 11.6 Å². The molecule has 7 heteroatoms. The third-order valence-corrected chi connectivity index (χ3v) is 6.86. The van der Waals surface area contributed by atoms with E-state index >= 15 is 0 Å². The molecule has 2 aliphatic rings. The Bertz CT molecular complexity index is 971. The molecule has 0 atom stereocenters. The van der Waals surface area contributed by atoms with E-state index in [0.29, 0.717) is 17.5 Å². The molecule has 0 saturated heterocycles. The molecular formula is C20H24ClN3O2S. The van der Waals surface area contributed by atoms with E-state index in [-0.39, 0.29) is 0 Å². The van der Waals surface area contributed by atoms with Crippen molar-refractivity contribution >= 4 is 38.7 Å². The van der Waals surface area contributed by atoms with E-state index in [1.165, 1.54) is 16.1 Å². The van der Waals surface area contributed by atoms with Crippen molar-refractivity contribution in [2.75, 3.05) is 34.2 Å². The highest BCUT2D eigenvalue weighted by atomic mass is 35.5. The van der Waals surface area contributed by atoms with E-state index < -0.39 is 10.0 Å². The maximum absolute atomic E-state index is 12.3. The maximum Gasteiger partial charge on any atom is 0.232 e. The molecule has 1 saturated carbocycles. The van der Waals surface area contributed by atoms with Crippen LogP contribution in [-0.4, -0.2) is 28.3 Å². The van der Waals surface area contributed by atoms with Crippen LogP contribution in [0.25, 0.3) is 0 Å². The molecule has 0 unspecified atom stereocenters. The predicted molar refractivity (Wildman–Crippen MR) is 112 cm³/mol. The molecule has 1 heterocycles. The van der Waals surface area contributed by atoms with Crippen molar-refractivity contribution in [1.82, 2.24) is 0 Å². The van der Waals surface area contributed by atoms with Gasteiger partial charge < -0.3 is 0 Å². The average molecular weight is 406 g/mol. The molecular weight excluding hydrogens is 382 g/mol. The Labute approximate surface area is 166 Å². The lowest BCUT2D eigenvalue weighted by Crippen LogP contribution is -2.34. The van der Waals surface area contributed by atoms with Gasteiger partial charge in [-0.2, -0.15) is 0 Å². The van der Waals surface area contributed by atoms with Crippen LogP contribution in [0, 0.1) is 0 Å². The fraction of sp³-hybridized carbons (Fsp3) is 0.400. The summed E-state index contributed by atoms with van der Waals surface area (Å²) < 4.78 is 26.2. The lowest BCUT2D eigenvalue weighted by molar-refractivity contribution is 0.597. The van der Waals surface area contributed by atoms with Crippen LogP contribution in [0.3, 0.4) is 0 Å². The molecule has 1 aliphatic heterocycles. The Hall–Kier alpha value is -1.92. The van der Waals surface area contributed by atoms with Crippen LogP contribution in [-0.2, 0) is 16.6 Å². The summed E-state index contributed by atoms with van der Waals surface area (Å²) in [4.78, 5) is 0. The minimum absolute atomic E-state index is 0.432. The number of hydrogen-bond acceptors (Lipinski definition) is 4. The number of benzene rings is 2. The molecule has 2 aromatic rings. The normalized spacial score (nSPS) is 16.6. The Morgan fingerprint density at radius 1 is 1.19 bits per heavy atom. The van der Waals surface area contributed by atoms with Crippen molar-refractivity contribution in [3.63, 3.8) is 0 Å². The summed E-state index contributed by atoms with van der Waals surface area (Å²) in [5, 5.41) is 4.98. The van der Waals surface area contributed by atoms with Gasteiger partial charge in [-0.15, -0.1) is 0 Å². The van der Waals surface area contributed by atoms with Gasteiger partial charge >= 0.3 is 0 Å². The number of sulfonamides is 1. The molecule has 0 amide bonds. The van der Waals surface area contributed by atoms with Crippen molar-refractivity contribution in [1.29, 1.82) is 0 Å². The number of nitrogens with zero attached hydrogens (tertiary/aromatic N) is 3. The van der Waals surface area contributed by atoms with Gasteiger partial charge in [-0.25, -0.2) is 8.42 Å². The zero-order valence-electron chi connectivity index (χ0n) is 15.8. The number of hydrazine groups is 1. The molecule has 0 aromatic heterocycles. The summed E-state index contributed by atoms with van der Waals surface area (Å²) in [6, 6.07) is 12.0. The fourth-order valence-electron chi connectivity index (χ4n) is 3.86. The molecule has 1 aliphatic carbocycles. The third kappa shape index (κ3) is 3.36. The first-order valence-electron chi connectivity index (χ1n) is 9.21. The van der Waals surface area contributed by atoms with Crippen LogP contribution in [0.5, 0.6) is 0 Å². The number of hydrogen-bond donors (Lipinski definition) is 0. The van der Waals surface area contributed by atoms with Crippen LogP contribution < -0.4 is 14.3 Å². The molecule has 0 radical (unpaired) electrons. The highest BCUT2D eigenvalue weighted by molar-refractivity contribution is 7.92. The van der Waals surface area contributed by atoms with Crippen molar-refractivity contribution in [3.05, 3.63) is 52.5 Å². The van der Waals surface area contributed by atoms with Crippen molar-refractivity contribution in [2.24, 2.45) is 0 Å². The summed E-state index contributed by atoms with van der Waals surface area (Å²) in [5.74, 6) is 0.469. The number of halogens is 1. The largest absolute Gasteiger partial charge is 0.288 e. The fourth-order valence-corrected chi connectivity index (χ4v) is 4.98. The SMILES string of the molecule is CCN(c1cc2c(cc1C1CC1)CN(c1ccc(Cl)cc1)N2C)S(C)(=O)=O. The van der Waals surface area contributed by atoms with Gasteiger partial charge in [-0.3, -0.25) is 14.3 Å². The van der Waals surface area contributed by atoms with Gasteiger partial charge in [-0.1, -0.05) is 11.6 Å². The Balaban J connectivity index is 1.78. The summed E-state index contributed by atoms with van der Waals surface area (Å²) in [5.41, 5.74) is 5.32. The zero-order valence-corrected chi connectivity index (χ0v) is 17.4. The Kier molecular flexibility index (Phi) is 4.51. The van der Waals surface area contributed by atoms with Gasteiger partial charge in [0.1, 0.15) is 0 Å². The standard InChI is InChI=1S/C20H24ClN3O2S/c1-4-24(27(3,25)26)20-12-19-15(11-18(20)14-5-6-14)13-23(22(19)2)17-9-7-16(21)8-10-17/h7-12,14H,4-6,13H2,1-3H3.